The van der Waals surface area contributed by atoms with Crippen LogP contribution >= 0.6 is 0 Å². The highest BCUT2D eigenvalue weighted by molar-refractivity contribution is 5.37. The summed E-state index contributed by atoms with van der Waals surface area (Å²) in [5, 5.41) is 8.74. The fourth-order valence-electron chi connectivity index (χ4n) is 1.32. The van der Waals surface area contributed by atoms with Gasteiger partial charge in [-0.2, -0.15) is 5.26 Å². The summed E-state index contributed by atoms with van der Waals surface area (Å²) >= 11 is 0. The highest BCUT2D eigenvalue weighted by Gasteiger charge is 2.05. The van der Waals surface area contributed by atoms with E-state index >= 15 is 0 Å². The summed E-state index contributed by atoms with van der Waals surface area (Å²) in [4.78, 5) is 0. The van der Waals surface area contributed by atoms with Gasteiger partial charge in [0, 0.05) is 17.9 Å². The van der Waals surface area contributed by atoms with E-state index in [9.17, 15) is 0 Å². The van der Waals surface area contributed by atoms with Gasteiger partial charge in [-0.3, -0.25) is 0 Å². The lowest BCUT2D eigenvalue weighted by Crippen LogP contribution is -1.99. The molecule has 0 bridgehead atoms. The van der Waals surface area contributed by atoms with Crippen molar-refractivity contribution < 1.29 is 0 Å². The maximum absolute atomic E-state index is 8.74. The molecular formula is C10H12N2. The molecule has 0 saturated carbocycles. The maximum atomic E-state index is 8.74. The summed E-state index contributed by atoms with van der Waals surface area (Å²) < 4.78 is 2.07. The van der Waals surface area contributed by atoms with Crippen molar-refractivity contribution in [3.05, 3.63) is 35.7 Å². The van der Waals surface area contributed by atoms with Gasteiger partial charge >= 0.3 is 0 Å². The van der Waals surface area contributed by atoms with Crippen molar-refractivity contribution in [3.8, 4) is 6.07 Å². The fourth-order valence-corrected chi connectivity index (χ4v) is 1.32. The lowest BCUT2D eigenvalue weighted by atomic mass is 10.3. The van der Waals surface area contributed by atoms with Gasteiger partial charge in [-0.05, 0) is 19.9 Å². The van der Waals surface area contributed by atoms with Crippen LogP contribution < -0.4 is 0 Å². The van der Waals surface area contributed by atoms with Crippen LogP contribution in [0, 0.1) is 25.2 Å². The number of nitrogens with zero attached hydrogens (tertiary/aromatic N) is 2. The second kappa shape index (κ2) is 3.27. The van der Waals surface area contributed by atoms with Crippen LogP contribution in [0.3, 0.4) is 0 Å². The van der Waals surface area contributed by atoms with Gasteiger partial charge in [0.1, 0.15) is 6.07 Å². The molecule has 2 heteroatoms. The molecule has 0 aromatic carbocycles. The Bertz CT molecular complexity index is 339. The first-order valence-electron chi connectivity index (χ1n) is 3.88. The molecule has 62 valence electrons. The molecular weight excluding hydrogens is 148 g/mol. The fraction of sp³-hybridized carbons (Fsp3) is 0.300. The summed E-state index contributed by atoms with van der Waals surface area (Å²) in [5.74, 6) is 0. The SMILES string of the molecule is C=CCn1c(C)cc(C#N)c1C. The summed E-state index contributed by atoms with van der Waals surface area (Å²) in [6.45, 7) is 8.40. The predicted molar refractivity (Wildman–Crippen MR) is 48.8 cm³/mol. The molecule has 0 radical (unpaired) electrons. The van der Waals surface area contributed by atoms with Crippen LogP contribution in [0.2, 0.25) is 0 Å². The summed E-state index contributed by atoms with van der Waals surface area (Å²) in [5.41, 5.74) is 2.90. The molecule has 0 atom stereocenters. The summed E-state index contributed by atoms with van der Waals surface area (Å²) in [6.07, 6.45) is 1.83. The van der Waals surface area contributed by atoms with Crippen molar-refractivity contribution in [1.29, 1.82) is 5.26 Å². The van der Waals surface area contributed by atoms with Gasteiger partial charge in [0.05, 0.1) is 5.56 Å². The first kappa shape index (κ1) is 8.61. The molecule has 0 unspecified atom stereocenters. The predicted octanol–water partition coefficient (Wildman–Crippen LogP) is 2.16. The van der Waals surface area contributed by atoms with Gasteiger partial charge in [-0.25, -0.2) is 0 Å². The molecule has 0 aliphatic rings. The Kier molecular flexibility index (Phi) is 2.35. The van der Waals surface area contributed by atoms with E-state index in [0.29, 0.717) is 0 Å². The second-order valence-corrected chi connectivity index (χ2v) is 2.80. The Morgan fingerprint density at radius 3 is 2.75 bits per heavy atom. The third kappa shape index (κ3) is 1.26. The molecule has 0 amide bonds. The Balaban J connectivity index is 3.20. The smallest absolute Gasteiger partial charge is 0.101 e. The number of nitriles is 1. The molecule has 0 aliphatic carbocycles. The third-order valence-corrected chi connectivity index (χ3v) is 2.01. The molecule has 1 rings (SSSR count). The van der Waals surface area contributed by atoms with Gasteiger partial charge in [-0.15, -0.1) is 6.58 Å². The lowest BCUT2D eigenvalue weighted by Gasteiger charge is -2.04. The Morgan fingerprint density at radius 2 is 2.33 bits per heavy atom. The van der Waals surface area contributed by atoms with Crippen molar-refractivity contribution in [3.63, 3.8) is 0 Å². The number of aryl methyl sites for hydroxylation is 1. The van der Waals surface area contributed by atoms with E-state index in [4.69, 9.17) is 5.26 Å². The van der Waals surface area contributed by atoms with Crippen LogP contribution in [0.5, 0.6) is 0 Å². The average molecular weight is 160 g/mol. The highest BCUT2D eigenvalue weighted by Crippen LogP contribution is 2.13. The molecule has 0 fully saturated rings. The van der Waals surface area contributed by atoms with E-state index in [1.807, 2.05) is 26.0 Å². The minimum atomic E-state index is 0.759. The zero-order valence-electron chi connectivity index (χ0n) is 7.46. The summed E-state index contributed by atoms with van der Waals surface area (Å²) in [6, 6.07) is 4.06. The highest BCUT2D eigenvalue weighted by atomic mass is 15.0. The largest absolute Gasteiger partial charge is 0.344 e. The monoisotopic (exact) mass is 160 g/mol. The Labute approximate surface area is 72.7 Å². The molecule has 0 saturated heterocycles. The number of aromatic nitrogens is 1. The quantitative estimate of drug-likeness (QED) is 0.609. The number of rotatable bonds is 2. The van der Waals surface area contributed by atoms with Gasteiger partial charge in [0.2, 0.25) is 0 Å². The van der Waals surface area contributed by atoms with E-state index in [0.717, 1.165) is 23.5 Å². The second-order valence-electron chi connectivity index (χ2n) is 2.80. The van der Waals surface area contributed by atoms with Crippen molar-refractivity contribution >= 4 is 0 Å². The molecule has 12 heavy (non-hydrogen) atoms. The number of allylic oxidation sites excluding steroid dienone is 1. The minimum absolute atomic E-state index is 0.759. The van der Waals surface area contributed by atoms with Crippen molar-refractivity contribution in [2.75, 3.05) is 0 Å². The van der Waals surface area contributed by atoms with Crippen LogP contribution in [0.1, 0.15) is 17.0 Å². The standard InChI is InChI=1S/C10H12N2/c1-4-5-12-8(2)6-10(7-11)9(12)3/h4,6H,1,5H2,2-3H3. The van der Waals surface area contributed by atoms with Crippen LogP contribution in [-0.2, 0) is 6.54 Å². The molecule has 0 aliphatic heterocycles. The van der Waals surface area contributed by atoms with Gasteiger partial charge in [0.15, 0.2) is 0 Å². The third-order valence-electron chi connectivity index (χ3n) is 2.01. The first-order chi connectivity index (χ1) is 5.70. The number of hydrogen-bond acceptors (Lipinski definition) is 1. The average Bonchev–Trinajstić information content (AvgIpc) is 2.32. The lowest BCUT2D eigenvalue weighted by molar-refractivity contribution is 0.768. The maximum Gasteiger partial charge on any atom is 0.101 e. The van der Waals surface area contributed by atoms with Crippen LogP contribution in [0.15, 0.2) is 18.7 Å². The molecule has 1 heterocycles. The first-order valence-corrected chi connectivity index (χ1v) is 3.88. The normalized spacial score (nSPS) is 9.42. The van der Waals surface area contributed by atoms with Crippen molar-refractivity contribution in [2.45, 2.75) is 20.4 Å². The zero-order chi connectivity index (χ0) is 9.14. The van der Waals surface area contributed by atoms with E-state index in [1.54, 1.807) is 0 Å². The summed E-state index contributed by atoms with van der Waals surface area (Å²) in [7, 11) is 0. The molecule has 0 N–H and O–H groups in total. The van der Waals surface area contributed by atoms with E-state index in [2.05, 4.69) is 17.2 Å². The van der Waals surface area contributed by atoms with Gasteiger partial charge in [0.25, 0.3) is 0 Å². The van der Waals surface area contributed by atoms with Crippen molar-refractivity contribution in [2.24, 2.45) is 0 Å². The van der Waals surface area contributed by atoms with E-state index < -0.39 is 0 Å². The zero-order valence-corrected chi connectivity index (χ0v) is 7.46. The van der Waals surface area contributed by atoms with Crippen LogP contribution in [0.25, 0.3) is 0 Å². The van der Waals surface area contributed by atoms with Gasteiger partial charge in [-0.1, -0.05) is 6.08 Å². The van der Waals surface area contributed by atoms with E-state index in [1.165, 1.54) is 0 Å². The number of hydrogen-bond donors (Lipinski definition) is 0. The molecule has 1 aromatic rings. The molecule has 0 spiro atoms. The minimum Gasteiger partial charge on any atom is -0.344 e. The Hall–Kier alpha value is -1.49. The van der Waals surface area contributed by atoms with Crippen LogP contribution in [0.4, 0.5) is 0 Å². The van der Waals surface area contributed by atoms with Gasteiger partial charge < -0.3 is 4.57 Å². The Morgan fingerprint density at radius 1 is 1.67 bits per heavy atom. The molecule has 2 nitrogen and oxygen atoms in total. The van der Waals surface area contributed by atoms with Crippen molar-refractivity contribution in [1.82, 2.24) is 4.57 Å². The molecule has 1 aromatic heterocycles. The van der Waals surface area contributed by atoms with E-state index in [-0.39, 0.29) is 0 Å². The topological polar surface area (TPSA) is 28.7 Å². The van der Waals surface area contributed by atoms with Crippen LogP contribution in [-0.4, -0.2) is 4.57 Å².